The van der Waals surface area contributed by atoms with E-state index in [0.29, 0.717) is 21.5 Å². The molecule has 1 aliphatic heterocycles. The first-order valence-corrected chi connectivity index (χ1v) is 18.9. The minimum Gasteiger partial charge on any atom is -0.468 e. The molecule has 266 valence electrons. The van der Waals surface area contributed by atoms with Crippen LogP contribution in [0.4, 0.5) is 10.1 Å². The van der Waals surface area contributed by atoms with E-state index in [4.69, 9.17) is 9.47 Å². The molecule has 2 unspecified atom stereocenters. The molecular formula is C44H33FN3O5P. The van der Waals surface area contributed by atoms with Gasteiger partial charge in [0.15, 0.2) is 5.41 Å². The number of rotatable bonds is 8. The second-order valence-corrected chi connectivity index (χ2v) is 16.3. The summed E-state index contributed by atoms with van der Waals surface area (Å²) in [6.45, 7) is -3.53. The van der Waals surface area contributed by atoms with Gasteiger partial charge in [0.25, 0.3) is 0 Å². The fourth-order valence-electron chi connectivity index (χ4n) is 8.17. The maximum atomic E-state index is 15.8. The molecular weight excluding hydrogens is 700 g/mol. The predicted octanol–water partition coefficient (Wildman–Crippen LogP) is 5.71. The molecule has 0 bridgehead atoms. The van der Waals surface area contributed by atoms with Gasteiger partial charge in [-0.05, 0) is 52.1 Å². The lowest BCUT2D eigenvalue weighted by molar-refractivity contribution is -0.146. The van der Waals surface area contributed by atoms with Gasteiger partial charge in [0, 0.05) is 11.3 Å². The molecule has 2 atom stereocenters. The highest BCUT2D eigenvalue weighted by molar-refractivity contribution is 7.96. The molecule has 0 radical (unpaired) electrons. The monoisotopic (exact) mass is 733 g/mol. The number of methoxy groups -OCH3 is 2. The van der Waals surface area contributed by atoms with Gasteiger partial charge in [0.1, 0.15) is 17.2 Å². The summed E-state index contributed by atoms with van der Waals surface area (Å²) in [5.74, 6) is -5.04. The third-order valence-corrected chi connectivity index (χ3v) is 14.7. The van der Waals surface area contributed by atoms with Crippen molar-refractivity contribution >= 4 is 51.6 Å². The van der Waals surface area contributed by atoms with Crippen LogP contribution in [0.3, 0.4) is 0 Å². The Labute approximate surface area is 312 Å². The smallest absolute Gasteiger partial charge is 0.339 e. The van der Waals surface area contributed by atoms with E-state index in [2.05, 4.69) is 12.1 Å². The van der Waals surface area contributed by atoms with E-state index in [0.717, 1.165) is 13.2 Å². The Morgan fingerprint density at radius 2 is 1.26 bits per heavy atom. The molecule has 1 heterocycles. The number of amides is 1. The summed E-state index contributed by atoms with van der Waals surface area (Å²) in [6.07, 6.45) is 1.34. The Kier molecular flexibility index (Phi) is 9.37. The standard InChI is InChI=1S/C44H33FN3O5P/c1-52-40(49)37-26-36(39(41(50)53-2)54(32-17-9-4-10-18-32,33-19-11-5-12-20-33)34-21-13-6-14-22-34)44(43(37,28-46)29-47)35-25-31(45)23-24-38(35)48(42(44)51)27-30-15-7-3-8-16-30/h3-26,37H,27H2,1-2H3. The first kappa shape index (κ1) is 35.8. The van der Waals surface area contributed by atoms with Gasteiger partial charge in [-0.1, -0.05) is 127 Å². The average Bonchev–Trinajstić information content (AvgIpc) is 3.66. The Balaban J connectivity index is 1.76. The number of halogens is 1. The minimum absolute atomic E-state index is 0.0208. The van der Waals surface area contributed by atoms with Crippen molar-refractivity contribution in [3.8, 4) is 12.1 Å². The molecule has 1 aliphatic carbocycles. The van der Waals surface area contributed by atoms with E-state index in [1.165, 1.54) is 30.2 Å². The van der Waals surface area contributed by atoms with Gasteiger partial charge in [-0.25, -0.2) is 9.18 Å². The number of hydrogen-bond acceptors (Lipinski definition) is 7. The van der Waals surface area contributed by atoms with Crippen LogP contribution < -0.4 is 20.8 Å². The summed E-state index contributed by atoms with van der Waals surface area (Å²) in [4.78, 5) is 46.2. The summed E-state index contributed by atoms with van der Waals surface area (Å²) in [6, 6.07) is 44.8. The summed E-state index contributed by atoms with van der Waals surface area (Å²) >= 11 is 0. The Hall–Kier alpha value is -6.54. The molecule has 2 aliphatic rings. The first-order valence-electron chi connectivity index (χ1n) is 17.1. The van der Waals surface area contributed by atoms with Crippen LogP contribution >= 0.6 is 6.89 Å². The van der Waals surface area contributed by atoms with Crippen LogP contribution in [0.2, 0.25) is 0 Å². The van der Waals surface area contributed by atoms with Crippen molar-refractivity contribution in [2.45, 2.75) is 12.0 Å². The molecule has 8 nitrogen and oxygen atoms in total. The molecule has 1 spiro atoms. The van der Waals surface area contributed by atoms with E-state index >= 15 is 14.0 Å². The first-order chi connectivity index (χ1) is 26.3. The highest BCUT2D eigenvalue weighted by Crippen LogP contribution is 2.65. The lowest BCUT2D eigenvalue weighted by Gasteiger charge is -2.40. The quantitative estimate of drug-likeness (QED) is 0.148. The van der Waals surface area contributed by atoms with Crippen LogP contribution in [0.15, 0.2) is 151 Å². The molecule has 7 rings (SSSR count). The van der Waals surface area contributed by atoms with Crippen molar-refractivity contribution < 1.29 is 28.2 Å². The summed E-state index contributed by atoms with van der Waals surface area (Å²) in [7, 11) is 2.33. The number of nitriles is 2. The molecule has 54 heavy (non-hydrogen) atoms. The highest BCUT2D eigenvalue weighted by atomic mass is 31.2. The van der Waals surface area contributed by atoms with E-state index in [1.54, 1.807) is 0 Å². The van der Waals surface area contributed by atoms with E-state index < -0.39 is 47.3 Å². The highest BCUT2D eigenvalue weighted by Gasteiger charge is 2.75. The topological polar surface area (TPSA) is 120 Å². The molecule has 1 amide bonds. The van der Waals surface area contributed by atoms with Gasteiger partial charge < -0.3 is 14.4 Å². The molecule has 0 fully saturated rings. The second-order valence-electron chi connectivity index (χ2n) is 12.9. The zero-order valence-electron chi connectivity index (χ0n) is 29.3. The van der Waals surface area contributed by atoms with Gasteiger partial charge in [-0.3, -0.25) is 9.59 Å². The summed E-state index contributed by atoms with van der Waals surface area (Å²) in [5.41, 5.74) is -4.16. The zero-order chi connectivity index (χ0) is 38.1. The van der Waals surface area contributed by atoms with Gasteiger partial charge in [-0.15, -0.1) is 0 Å². The lowest BCUT2D eigenvalue weighted by Crippen LogP contribution is -2.55. The maximum absolute atomic E-state index is 15.8. The predicted molar refractivity (Wildman–Crippen MR) is 205 cm³/mol. The van der Waals surface area contributed by atoms with E-state index in [9.17, 15) is 15.3 Å². The van der Waals surface area contributed by atoms with E-state index in [-0.39, 0.29) is 28.7 Å². The number of anilines is 1. The number of fused-ring (bicyclic) bond motifs is 2. The molecule has 0 aromatic heterocycles. The molecule has 0 N–H and O–H groups in total. The number of hydrogen-bond donors (Lipinski definition) is 0. The molecule has 5 aromatic carbocycles. The fraction of sp³-hybridized carbons (Fsp3) is 0.136. The van der Waals surface area contributed by atoms with Crippen LogP contribution in [-0.4, -0.2) is 37.4 Å². The maximum Gasteiger partial charge on any atom is 0.339 e. The largest absolute Gasteiger partial charge is 0.468 e. The number of esters is 2. The third kappa shape index (κ3) is 5.05. The number of ether oxygens (including phenoxy) is 2. The van der Waals surface area contributed by atoms with Gasteiger partial charge >= 0.3 is 11.9 Å². The third-order valence-electron chi connectivity index (χ3n) is 10.4. The van der Waals surface area contributed by atoms with Crippen molar-refractivity contribution in [3.63, 3.8) is 0 Å². The van der Waals surface area contributed by atoms with Gasteiger partial charge in [0.05, 0.1) is 38.2 Å². The van der Waals surface area contributed by atoms with Crippen LogP contribution in [0, 0.1) is 39.8 Å². The average molecular weight is 734 g/mol. The Morgan fingerprint density at radius 1 is 0.759 bits per heavy atom. The van der Waals surface area contributed by atoms with Gasteiger partial charge in [-0.2, -0.15) is 10.5 Å². The lowest BCUT2D eigenvalue weighted by atomic mass is 9.57. The zero-order valence-corrected chi connectivity index (χ0v) is 30.2. The van der Waals surface area contributed by atoms with Crippen molar-refractivity contribution in [1.29, 1.82) is 10.5 Å². The van der Waals surface area contributed by atoms with Crippen molar-refractivity contribution in [2.24, 2.45) is 11.3 Å². The van der Waals surface area contributed by atoms with Crippen LogP contribution in [0.1, 0.15) is 11.1 Å². The second kappa shape index (κ2) is 14.1. The van der Waals surface area contributed by atoms with Crippen LogP contribution in [0.5, 0.6) is 0 Å². The van der Waals surface area contributed by atoms with Crippen LogP contribution in [0.25, 0.3) is 0 Å². The van der Waals surface area contributed by atoms with Gasteiger partial charge in [0.2, 0.25) is 5.91 Å². The SMILES string of the molecule is COC(=O)C(C1=CC(C(=O)OC)C(C#N)(C#N)C12C(=O)N(Cc1ccccc1)c1ccc(F)cc12)=P(c1ccccc1)(c1ccccc1)c1ccccc1. The fourth-order valence-corrected chi connectivity index (χ4v) is 12.7. The van der Waals surface area contributed by atoms with Crippen molar-refractivity contribution in [3.05, 3.63) is 168 Å². The molecule has 0 saturated carbocycles. The number of nitrogens with zero attached hydrogens (tertiary/aromatic N) is 3. The van der Waals surface area contributed by atoms with E-state index in [1.807, 2.05) is 121 Å². The Bertz CT molecular complexity index is 2340. The van der Waals surface area contributed by atoms with Crippen molar-refractivity contribution in [2.75, 3.05) is 19.1 Å². The summed E-state index contributed by atoms with van der Waals surface area (Å²) < 4.78 is 26.6. The number of carbonyl (C=O) groups excluding carboxylic acids is 3. The van der Waals surface area contributed by atoms with Crippen molar-refractivity contribution in [1.82, 2.24) is 0 Å². The normalized spacial score (nSPS) is 18.2. The number of carbonyl (C=O) groups is 3. The van der Waals surface area contributed by atoms with Crippen LogP contribution in [-0.2, 0) is 35.8 Å². The summed E-state index contributed by atoms with van der Waals surface area (Å²) in [5, 5.41) is 24.6. The molecule has 0 saturated heterocycles. The number of benzene rings is 5. The minimum atomic E-state index is -3.50. The Morgan fingerprint density at radius 3 is 1.72 bits per heavy atom. The molecule has 5 aromatic rings. The molecule has 10 heteroatoms.